The Bertz CT molecular complexity index is 851. The Hall–Kier alpha value is -2.96. The van der Waals surface area contributed by atoms with Gasteiger partial charge in [0.05, 0.1) is 24.7 Å². The van der Waals surface area contributed by atoms with Gasteiger partial charge in [0.1, 0.15) is 11.3 Å². The van der Waals surface area contributed by atoms with Gasteiger partial charge >= 0.3 is 11.6 Å². The van der Waals surface area contributed by atoms with E-state index >= 15 is 0 Å². The number of ether oxygens (including phenoxy) is 2. The monoisotopic (exact) mass is 376 g/mol. The number of carboxylic acid groups (broad SMARTS) is 1. The second-order valence-corrected chi connectivity index (χ2v) is 6.06. The van der Waals surface area contributed by atoms with E-state index in [1.54, 1.807) is 6.08 Å². The van der Waals surface area contributed by atoms with Crippen LogP contribution in [-0.4, -0.2) is 22.8 Å². The molecule has 27 heavy (non-hydrogen) atoms. The summed E-state index contributed by atoms with van der Waals surface area (Å²) >= 11 is 0. The van der Waals surface area contributed by atoms with Gasteiger partial charge < -0.3 is 24.1 Å². The van der Waals surface area contributed by atoms with Crippen molar-refractivity contribution in [1.29, 1.82) is 0 Å². The molecule has 2 aromatic rings. The molecule has 0 aliphatic heterocycles. The Balaban J connectivity index is 2.10. The normalized spacial score (nSPS) is 11.1. The maximum atomic E-state index is 12.0. The van der Waals surface area contributed by atoms with Crippen LogP contribution < -0.4 is 15.1 Å². The first-order chi connectivity index (χ1) is 13.0. The smallest absolute Gasteiger partial charge is 0.383 e. The second-order valence-electron chi connectivity index (χ2n) is 6.06. The number of benzene rings is 1. The molecule has 0 spiro atoms. The number of carboxylic acids is 1. The first-order valence-electron chi connectivity index (χ1n) is 8.99. The molecule has 146 valence electrons. The molecule has 0 fully saturated rings. The summed E-state index contributed by atoms with van der Waals surface area (Å²) in [7, 11) is 0. The van der Waals surface area contributed by atoms with Crippen molar-refractivity contribution in [2.24, 2.45) is 0 Å². The Morgan fingerprint density at radius 2 is 2.07 bits per heavy atom. The van der Waals surface area contributed by atoms with Crippen LogP contribution in [-0.2, 0) is 4.79 Å². The van der Waals surface area contributed by atoms with Gasteiger partial charge in [-0.1, -0.05) is 26.2 Å². The van der Waals surface area contributed by atoms with Crippen LogP contribution in [0.15, 0.2) is 39.7 Å². The number of hydrogen-bond donors (Lipinski definition) is 2. The summed E-state index contributed by atoms with van der Waals surface area (Å²) in [4.78, 5) is 22.6. The molecule has 0 saturated heterocycles. The molecule has 7 nitrogen and oxygen atoms in total. The average molecular weight is 376 g/mol. The third kappa shape index (κ3) is 6.06. The van der Waals surface area contributed by atoms with Gasteiger partial charge in [-0.05, 0) is 37.1 Å². The maximum Gasteiger partial charge on any atom is 0.383 e. The SMILES string of the molecule is CCCCCCC=COc1c(O)c2cc(OCCC(=O)O)ccc2oc1=O. The van der Waals surface area contributed by atoms with Crippen LogP contribution >= 0.6 is 0 Å². The highest BCUT2D eigenvalue weighted by atomic mass is 16.5. The fraction of sp³-hybridized carbons (Fsp3) is 0.400. The van der Waals surface area contributed by atoms with Crippen molar-refractivity contribution in [2.45, 2.75) is 45.4 Å². The average Bonchev–Trinajstić information content (AvgIpc) is 2.63. The summed E-state index contributed by atoms with van der Waals surface area (Å²) in [5, 5.41) is 19.3. The van der Waals surface area contributed by atoms with Gasteiger partial charge in [0.2, 0.25) is 0 Å². The fourth-order valence-corrected chi connectivity index (χ4v) is 2.47. The first-order valence-corrected chi connectivity index (χ1v) is 8.99. The van der Waals surface area contributed by atoms with E-state index in [1.165, 1.54) is 30.9 Å². The van der Waals surface area contributed by atoms with Crippen LogP contribution in [0.1, 0.15) is 45.4 Å². The number of carbonyl (C=O) groups is 1. The zero-order chi connectivity index (χ0) is 19.6. The van der Waals surface area contributed by atoms with Crippen LogP contribution in [0.2, 0.25) is 0 Å². The minimum Gasteiger partial charge on any atom is -0.504 e. The van der Waals surface area contributed by atoms with Crippen LogP contribution in [0.5, 0.6) is 17.2 Å². The van der Waals surface area contributed by atoms with Gasteiger partial charge in [0, 0.05) is 0 Å². The summed E-state index contributed by atoms with van der Waals surface area (Å²) in [6, 6.07) is 4.47. The van der Waals surface area contributed by atoms with Gasteiger partial charge in [-0.25, -0.2) is 4.79 Å². The van der Waals surface area contributed by atoms with Gasteiger partial charge in [0.25, 0.3) is 5.75 Å². The molecule has 0 aliphatic carbocycles. The van der Waals surface area contributed by atoms with E-state index in [4.69, 9.17) is 19.0 Å². The third-order valence-electron chi connectivity index (χ3n) is 3.90. The molecule has 0 saturated carbocycles. The van der Waals surface area contributed by atoms with Crippen molar-refractivity contribution in [3.05, 3.63) is 41.0 Å². The molecule has 2 rings (SSSR count). The Morgan fingerprint density at radius 3 is 2.81 bits per heavy atom. The summed E-state index contributed by atoms with van der Waals surface area (Å²) in [5.41, 5.74) is -0.603. The second kappa shape index (κ2) is 10.3. The Labute approximate surface area is 156 Å². The minimum absolute atomic E-state index is 0.0114. The highest BCUT2D eigenvalue weighted by molar-refractivity contribution is 5.86. The molecular weight excluding hydrogens is 352 g/mol. The molecule has 0 amide bonds. The summed E-state index contributed by atoms with van der Waals surface area (Å²) < 4.78 is 15.8. The fourth-order valence-electron chi connectivity index (χ4n) is 2.47. The van der Waals surface area contributed by atoms with E-state index in [1.807, 2.05) is 0 Å². The highest BCUT2D eigenvalue weighted by Gasteiger charge is 2.15. The van der Waals surface area contributed by atoms with E-state index in [9.17, 15) is 14.7 Å². The molecule has 0 atom stereocenters. The quantitative estimate of drug-likeness (QED) is 0.344. The van der Waals surface area contributed by atoms with E-state index in [-0.39, 0.29) is 35.5 Å². The third-order valence-corrected chi connectivity index (χ3v) is 3.90. The number of allylic oxidation sites excluding steroid dienone is 1. The molecule has 1 heterocycles. The van der Waals surface area contributed by atoms with Crippen molar-refractivity contribution in [1.82, 2.24) is 0 Å². The van der Waals surface area contributed by atoms with Crippen LogP contribution in [0.3, 0.4) is 0 Å². The van der Waals surface area contributed by atoms with E-state index in [2.05, 4.69) is 6.92 Å². The van der Waals surface area contributed by atoms with Crippen molar-refractivity contribution in [2.75, 3.05) is 6.61 Å². The van der Waals surface area contributed by atoms with Crippen molar-refractivity contribution in [3.8, 4) is 17.2 Å². The largest absolute Gasteiger partial charge is 0.504 e. The zero-order valence-corrected chi connectivity index (χ0v) is 15.3. The molecule has 1 aromatic carbocycles. The summed E-state index contributed by atoms with van der Waals surface area (Å²) in [5.74, 6) is -1.26. The standard InChI is InChI=1S/C20H24O7/c1-2-3-4-5-6-7-11-26-19-18(23)15-13-14(25-12-10-17(21)22)8-9-16(15)27-20(19)24/h7-9,11,13,23H,2-6,10,12H2,1H3,(H,21,22). The molecule has 0 radical (unpaired) electrons. The van der Waals surface area contributed by atoms with Crippen LogP contribution in [0.25, 0.3) is 11.0 Å². The molecule has 0 bridgehead atoms. The minimum atomic E-state index is -0.971. The van der Waals surface area contributed by atoms with E-state index < -0.39 is 11.6 Å². The van der Waals surface area contributed by atoms with E-state index in [0.717, 1.165) is 25.7 Å². The van der Waals surface area contributed by atoms with Gasteiger partial charge in [-0.15, -0.1) is 0 Å². The summed E-state index contributed by atoms with van der Waals surface area (Å²) in [6.45, 7) is 2.13. The van der Waals surface area contributed by atoms with Crippen molar-refractivity contribution in [3.63, 3.8) is 0 Å². The molecule has 2 N–H and O–H groups in total. The predicted molar refractivity (Wildman–Crippen MR) is 100 cm³/mol. The lowest BCUT2D eigenvalue weighted by Gasteiger charge is -2.08. The van der Waals surface area contributed by atoms with Gasteiger partial charge in [0.15, 0.2) is 5.75 Å². The van der Waals surface area contributed by atoms with Crippen molar-refractivity contribution < 1.29 is 28.9 Å². The number of unbranched alkanes of at least 4 members (excludes halogenated alkanes) is 4. The lowest BCUT2D eigenvalue weighted by atomic mass is 10.1. The molecule has 7 heteroatoms. The van der Waals surface area contributed by atoms with Gasteiger partial charge in [-0.2, -0.15) is 0 Å². The number of fused-ring (bicyclic) bond motifs is 1. The number of rotatable bonds is 11. The number of aliphatic carboxylic acids is 1. The van der Waals surface area contributed by atoms with Gasteiger partial charge in [-0.3, -0.25) is 4.79 Å². The lowest BCUT2D eigenvalue weighted by molar-refractivity contribution is -0.137. The molecule has 1 aromatic heterocycles. The highest BCUT2D eigenvalue weighted by Crippen LogP contribution is 2.33. The maximum absolute atomic E-state index is 12.0. The molecule has 0 aliphatic rings. The molecular formula is C20H24O7. The zero-order valence-electron chi connectivity index (χ0n) is 15.3. The summed E-state index contributed by atoms with van der Waals surface area (Å²) in [6.07, 6.45) is 8.35. The van der Waals surface area contributed by atoms with Crippen LogP contribution in [0.4, 0.5) is 0 Å². The van der Waals surface area contributed by atoms with E-state index in [0.29, 0.717) is 5.75 Å². The first kappa shape index (κ1) is 20.4. The predicted octanol–water partition coefficient (Wildman–Crippen LogP) is 4.22. The number of aromatic hydroxyl groups is 1. The lowest BCUT2D eigenvalue weighted by Crippen LogP contribution is -2.05. The topological polar surface area (TPSA) is 106 Å². The Kier molecular flexibility index (Phi) is 7.73. The Morgan fingerprint density at radius 1 is 1.26 bits per heavy atom. The van der Waals surface area contributed by atoms with Crippen molar-refractivity contribution >= 4 is 16.9 Å². The molecule has 0 unspecified atom stereocenters. The van der Waals surface area contributed by atoms with Crippen LogP contribution in [0, 0.1) is 0 Å². The number of hydrogen-bond acceptors (Lipinski definition) is 6.